The zero-order valence-electron chi connectivity index (χ0n) is 15.5. The first-order valence-corrected chi connectivity index (χ1v) is 8.34. The van der Waals surface area contributed by atoms with Crippen molar-refractivity contribution in [2.24, 2.45) is 0 Å². The smallest absolute Gasteiger partial charge is 0.380 e. The first-order valence-electron chi connectivity index (χ1n) is 8.34. The molecule has 0 bridgehead atoms. The number of nitrogens with one attached hydrogen (secondary N) is 1. The van der Waals surface area contributed by atoms with Gasteiger partial charge in [0.1, 0.15) is 0 Å². The van der Waals surface area contributed by atoms with Crippen LogP contribution in [0, 0.1) is 0 Å². The predicted molar refractivity (Wildman–Crippen MR) is 93.4 cm³/mol. The van der Waals surface area contributed by atoms with Crippen molar-refractivity contribution in [1.29, 1.82) is 0 Å². The van der Waals surface area contributed by atoms with Crippen molar-refractivity contribution in [3.63, 3.8) is 0 Å². The number of urea groups is 2. The van der Waals surface area contributed by atoms with Gasteiger partial charge in [-0.25, -0.2) is 9.59 Å². The molecule has 1 N–H and O–H groups in total. The summed E-state index contributed by atoms with van der Waals surface area (Å²) >= 11 is 0. The molecule has 1 aliphatic heterocycles. The highest BCUT2D eigenvalue weighted by molar-refractivity contribution is 5.89. The minimum absolute atomic E-state index is 0.00110. The Kier molecular flexibility index (Phi) is 6.53. The average Bonchev–Trinajstić information content (AvgIpc) is 2.61. The van der Waals surface area contributed by atoms with Gasteiger partial charge >= 0.3 is 18.2 Å². The van der Waals surface area contributed by atoms with Gasteiger partial charge < -0.3 is 24.8 Å². The Balaban J connectivity index is 2.03. The van der Waals surface area contributed by atoms with Gasteiger partial charge in [-0.2, -0.15) is 13.2 Å². The van der Waals surface area contributed by atoms with Gasteiger partial charge in [0.05, 0.1) is 12.2 Å². The van der Waals surface area contributed by atoms with Crippen molar-refractivity contribution in [1.82, 2.24) is 14.7 Å². The minimum Gasteiger partial charge on any atom is -0.380 e. The van der Waals surface area contributed by atoms with Crippen LogP contribution in [0.25, 0.3) is 0 Å². The monoisotopic (exact) mass is 388 g/mol. The summed E-state index contributed by atoms with van der Waals surface area (Å²) in [6.45, 7) is 1.17. The van der Waals surface area contributed by atoms with E-state index in [-0.39, 0.29) is 23.9 Å². The molecule has 2 rings (SSSR count). The first-order chi connectivity index (χ1) is 12.6. The number of ether oxygens (including phenoxy) is 1. The maximum Gasteiger partial charge on any atom is 0.416 e. The van der Waals surface area contributed by atoms with E-state index in [9.17, 15) is 22.8 Å². The molecule has 7 nitrogen and oxygen atoms in total. The molecule has 1 aromatic rings. The largest absolute Gasteiger partial charge is 0.416 e. The molecule has 1 fully saturated rings. The summed E-state index contributed by atoms with van der Waals surface area (Å²) in [6, 6.07) is 2.96. The number of hydrogen-bond donors (Lipinski definition) is 1. The Morgan fingerprint density at radius 3 is 2.26 bits per heavy atom. The standard InChI is InChI=1S/C17H23F3N4O3/c1-22(2)16(26)24-8-6-23(7-9-24)15(25)21-13-5-4-12(11-27-3)14(10-13)17(18,19)20/h4-5,10H,6-9,11H2,1-3H3,(H,21,25). The molecule has 0 aromatic heterocycles. The maximum atomic E-state index is 13.2. The molecule has 1 aromatic carbocycles. The number of alkyl halides is 3. The second kappa shape index (κ2) is 8.47. The number of benzene rings is 1. The van der Waals surface area contributed by atoms with Crippen LogP contribution in [-0.4, -0.2) is 74.1 Å². The topological polar surface area (TPSA) is 65.1 Å². The number of carbonyl (C=O) groups excluding carboxylic acids is 2. The Morgan fingerprint density at radius 1 is 1.15 bits per heavy atom. The van der Waals surface area contributed by atoms with E-state index >= 15 is 0 Å². The van der Waals surface area contributed by atoms with E-state index in [1.54, 1.807) is 19.0 Å². The van der Waals surface area contributed by atoms with Crippen LogP contribution >= 0.6 is 0 Å². The van der Waals surface area contributed by atoms with E-state index in [0.29, 0.717) is 26.2 Å². The van der Waals surface area contributed by atoms with E-state index in [1.165, 1.54) is 29.0 Å². The summed E-state index contributed by atoms with van der Waals surface area (Å²) in [5.74, 6) is 0. The van der Waals surface area contributed by atoms with Crippen molar-refractivity contribution in [2.45, 2.75) is 12.8 Å². The fraction of sp³-hybridized carbons (Fsp3) is 0.529. The zero-order valence-corrected chi connectivity index (χ0v) is 15.5. The molecule has 0 atom stereocenters. The van der Waals surface area contributed by atoms with Gasteiger partial charge in [0.25, 0.3) is 0 Å². The molecule has 1 aliphatic rings. The Bertz CT molecular complexity index is 686. The average molecular weight is 388 g/mol. The molecule has 0 unspecified atom stereocenters. The van der Waals surface area contributed by atoms with E-state index in [1.807, 2.05) is 0 Å². The molecule has 27 heavy (non-hydrogen) atoms. The molecule has 0 aliphatic carbocycles. The number of methoxy groups -OCH3 is 1. The molecular formula is C17H23F3N4O3. The minimum atomic E-state index is -4.55. The van der Waals surface area contributed by atoms with Gasteiger partial charge in [-0.15, -0.1) is 0 Å². The van der Waals surface area contributed by atoms with Gasteiger partial charge in [0, 0.05) is 53.1 Å². The second-order valence-electron chi connectivity index (χ2n) is 6.38. The predicted octanol–water partition coefficient (Wildman–Crippen LogP) is 2.68. The number of amides is 4. The summed E-state index contributed by atoms with van der Waals surface area (Å²) < 4.78 is 44.4. The van der Waals surface area contributed by atoms with Crippen molar-refractivity contribution in [2.75, 3.05) is 52.7 Å². The number of nitrogens with zero attached hydrogens (tertiary/aromatic N) is 3. The fourth-order valence-electron chi connectivity index (χ4n) is 2.79. The molecule has 0 saturated carbocycles. The van der Waals surface area contributed by atoms with Crippen LogP contribution in [0.4, 0.5) is 28.4 Å². The number of halogens is 3. The third-order valence-electron chi connectivity index (χ3n) is 4.19. The maximum absolute atomic E-state index is 13.2. The summed E-state index contributed by atoms with van der Waals surface area (Å²) in [4.78, 5) is 28.8. The highest BCUT2D eigenvalue weighted by Crippen LogP contribution is 2.34. The normalized spacial score (nSPS) is 14.9. The molecule has 150 valence electrons. The number of carbonyl (C=O) groups is 2. The highest BCUT2D eigenvalue weighted by Gasteiger charge is 2.34. The lowest BCUT2D eigenvalue weighted by molar-refractivity contribution is -0.138. The fourth-order valence-corrected chi connectivity index (χ4v) is 2.79. The van der Waals surface area contributed by atoms with Gasteiger partial charge in [0.15, 0.2) is 0 Å². The molecule has 0 radical (unpaired) electrons. The lowest BCUT2D eigenvalue weighted by atomic mass is 10.1. The van der Waals surface area contributed by atoms with Gasteiger partial charge in [-0.1, -0.05) is 6.07 Å². The Morgan fingerprint density at radius 2 is 1.74 bits per heavy atom. The highest BCUT2D eigenvalue weighted by atomic mass is 19.4. The van der Waals surface area contributed by atoms with Crippen molar-refractivity contribution < 1.29 is 27.5 Å². The van der Waals surface area contributed by atoms with Crippen LogP contribution in [-0.2, 0) is 17.5 Å². The van der Waals surface area contributed by atoms with Crippen LogP contribution in [0.15, 0.2) is 18.2 Å². The number of rotatable bonds is 3. The zero-order chi connectivity index (χ0) is 20.2. The van der Waals surface area contributed by atoms with Crippen molar-refractivity contribution in [3.05, 3.63) is 29.3 Å². The Labute approximate surface area is 155 Å². The summed E-state index contributed by atoms with van der Waals surface area (Å²) in [5.41, 5.74) is -0.790. The molecule has 1 heterocycles. The van der Waals surface area contributed by atoms with Crippen LogP contribution in [0.3, 0.4) is 0 Å². The van der Waals surface area contributed by atoms with E-state index < -0.39 is 17.8 Å². The van der Waals surface area contributed by atoms with Crippen molar-refractivity contribution in [3.8, 4) is 0 Å². The van der Waals surface area contributed by atoms with Crippen LogP contribution in [0.2, 0.25) is 0 Å². The van der Waals surface area contributed by atoms with Gasteiger partial charge in [-0.3, -0.25) is 0 Å². The lowest BCUT2D eigenvalue weighted by Gasteiger charge is -2.35. The van der Waals surface area contributed by atoms with Crippen LogP contribution < -0.4 is 5.32 Å². The van der Waals surface area contributed by atoms with Gasteiger partial charge in [0.2, 0.25) is 0 Å². The summed E-state index contributed by atoms with van der Waals surface area (Å²) in [7, 11) is 4.61. The first kappa shape index (κ1) is 20.8. The van der Waals surface area contributed by atoms with Gasteiger partial charge in [-0.05, 0) is 17.7 Å². The van der Waals surface area contributed by atoms with Crippen LogP contribution in [0.5, 0.6) is 0 Å². The SMILES string of the molecule is COCc1ccc(NC(=O)N2CCN(C(=O)N(C)C)CC2)cc1C(F)(F)F. The lowest BCUT2D eigenvalue weighted by Crippen LogP contribution is -2.53. The molecule has 10 heteroatoms. The molecule has 4 amide bonds. The summed E-state index contributed by atoms with van der Waals surface area (Å²) in [5, 5.41) is 2.49. The molecular weight excluding hydrogens is 365 g/mol. The number of hydrogen-bond acceptors (Lipinski definition) is 3. The van der Waals surface area contributed by atoms with E-state index in [2.05, 4.69) is 5.32 Å². The van der Waals surface area contributed by atoms with Crippen molar-refractivity contribution >= 4 is 17.7 Å². The summed E-state index contributed by atoms with van der Waals surface area (Å²) in [6.07, 6.45) is -4.55. The van der Waals surface area contributed by atoms with Crippen LogP contribution in [0.1, 0.15) is 11.1 Å². The third kappa shape index (κ3) is 5.25. The second-order valence-corrected chi connectivity index (χ2v) is 6.38. The number of piperazine rings is 1. The molecule has 1 saturated heterocycles. The van der Waals surface area contributed by atoms with E-state index in [4.69, 9.17) is 4.74 Å². The van der Waals surface area contributed by atoms with E-state index in [0.717, 1.165) is 6.07 Å². The molecule has 0 spiro atoms. The quantitative estimate of drug-likeness (QED) is 0.866. The third-order valence-corrected chi connectivity index (χ3v) is 4.19. The Hall–Kier alpha value is -2.49. The number of anilines is 1.